The van der Waals surface area contributed by atoms with Gasteiger partial charge in [-0.1, -0.05) is 11.3 Å². The van der Waals surface area contributed by atoms with Crippen LogP contribution in [0.2, 0.25) is 0 Å². The van der Waals surface area contributed by atoms with Crippen LogP contribution in [0.1, 0.15) is 22.3 Å². The summed E-state index contributed by atoms with van der Waals surface area (Å²) in [5.41, 5.74) is 6.05. The smallest absolute Gasteiger partial charge is 0.350 e. The highest BCUT2D eigenvalue weighted by Gasteiger charge is 2.14. The minimum absolute atomic E-state index is 0. The highest BCUT2D eigenvalue weighted by molar-refractivity contribution is 7.17. The lowest BCUT2D eigenvalue weighted by Gasteiger charge is -1.97. The highest BCUT2D eigenvalue weighted by atomic mass is 35.5. The number of nitrogens with two attached hydrogens (primary N) is 1. The number of anilines is 1. The van der Waals surface area contributed by atoms with E-state index in [2.05, 4.69) is 4.98 Å². The van der Waals surface area contributed by atoms with Crippen LogP contribution in [0.15, 0.2) is 0 Å². The van der Waals surface area contributed by atoms with Crippen molar-refractivity contribution < 1.29 is 21.9 Å². The molecule has 74 valence electrons. The molecule has 0 aromatic carbocycles. The first-order valence-electron chi connectivity index (χ1n) is 3.55. The van der Waals surface area contributed by atoms with E-state index in [9.17, 15) is 4.79 Å². The van der Waals surface area contributed by atoms with Crippen molar-refractivity contribution in [2.45, 2.75) is 13.8 Å². The van der Waals surface area contributed by atoms with Gasteiger partial charge in [0.2, 0.25) is 0 Å². The number of carbonyl (C=O) groups is 1. The molecule has 0 amide bonds. The van der Waals surface area contributed by atoms with Crippen molar-refractivity contribution >= 4 is 22.4 Å². The Labute approximate surface area is 86.5 Å². The average Bonchev–Trinajstić information content (AvgIpc) is 2.30. The van der Waals surface area contributed by atoms with Crippen LogP contribution in [0.25, 0.3) is 0 Å². The Morgan fingerprint density at radius 2 is 2.31 bits per heavy atom. The normalized spacial score (nSPS) is 9.08. The molecule has 1 rings (SSSR count). The van der Waals surface area contributed by atoms with Crippen molar-refractivity contribution in [3.8, 4) is 0 Å². The third-order valence-corrected chi connectivity index (χ3v) is 2.24. The van der Waals surface area contributed by atoms with Gasteiger partial charge in [-0.3, -0.25) is 0 Å². The van der Waals surface area contributed by atoms with Gasteiger partial charge in [-0.05, 0) is 13.8 Å². The first-order chi connectivity index (χ1) is 5.65. The lowest BCUT2D eigenvalue weighted by atomic mass is 10.4. The maximum Gasteiger partial charge on any atom is 0.350 e. The third-order valence-electron chi connectivity index (χ3n) is 1.27. The molecule has 0 saturated heterocycles. The lowest BCUT2D eigenvalue weighted by molar-refractivity contribution is -0.0000211. The van der Waals surface area contributed by atoms with Crippen LogP contribution < -0.4 is 18.1 Å². The molecule has 0 atom stereocenters. The van der Waals surface area contributed by atoms with Gasteiger partial charge in [-0.25, -0.2) is 9.78 Å². The molecule has 0 aliphatic rings. The molecule has 0 fully saturated rings. The second-order valence-corrected chi connectivity index (χ2v) is 3.22. The fraction of sp³-hybridized carbons (Fsp3) is 0.429. The molecule has 0 bridgehead atoms. The molecule has 0 aliphatic carbocycles. The van der Waals surface area contributed by atoms with E-state index in [0.29, 0.717) is 22.3 Å². The van der Waals surface area contributed by atoms with E-state index in [1.165, 1.54) is 0 Å². The second kappa shape index (κ2) is 5.04. The molecule has 13 heavy (non-hydrogen) atoms. The van der Waals surface area contributed by atoms with Gasteiger partial charge >= 0.3 is 5.97 Å². The van der Waals surface area contributed by atoms with E-state index in [-0.39, 0.29) is 18.4 Å². The number of halogens is 1. The van der Waals surface area contributed by atoms with Gasteiger partial charge in [0.15, 0.2) is 5.13 Å². The monoisotopic (exact) mass is 221 g/mol. The molecule has 0 radical (unpaired) electrons. The number of hydrogen-bond donors (Lipinski definition) is 1. The Kier molecular flexibility index (Phi) is 4.72. The third kappa shape index (κ3) is 2.86. The minimum atomic E-state index is -0.343. The first kappa shape index (κ1) is 12.2. The van der Waals surface area contributed by atoms with Crippen molar-refractivity contribution in [1.29, 1.82) is 0 Å². The van der Waals surface area contributed by atoms with Gasteiger partial charge in [-0.2, -0.15) is 0 Å². The number of rotatable bonds is 2. The molecule has 1 aromatic heterocycles. The topological polar surface area (TPSA) is 65.2 Å². The molecule has 4 nitrogen and oxygen atoms in total. The lowest BCUT2D eigenvalue weighted by Crippen LogP contribution is -3.00. The number of aromatic nitrogens is 1. The Balaban J connectivity index is 0.00000144. The van der Waals surface area contributed by atoms with Crippen LogP contribution in [0.3, 0.4) is 0 Å². The van der Waals surface area contributed by atoms with Crippen molar-refractivity contribution in [1.82, 2.24) is 4.98 Å². The number of nitrogen functional groups attached to an aromatic ring is 1. The Morgan fingerprint density at radius 3 is 2.69 bits per heavy atom. The quantitative estimate of drug-likeness (QED) is 0.600. The zero-order valence-corrected chi connectivity index (χ0v) is 8.91. The predicted molar refractivity (Wildman–Crippen MR) is 47.2 cm³/mol. The van der Waals surface area contributed by atoms with Gasteiger partial charge in [-0.15, -0.1) is 0 Å². The van der Waals surface area contributed by atoms with Gasteiger partial charge < -0.3 is 22.9 Å². The molecule has 1 aromatic rings. The SMILES string of the molecule is CCOC(=O)c1sc(N)nc1C.[Cl-]. The molecule has 0 unspecified atom stereocenters. The zero-order chi connectivity index (χ0) is 9.14. The summed E-state index contributed by atoms with van der Waals surface area (Å²) in [4.78, 5) is 15.6. The standard InChI is InChI=1S/C7H10N2O2S.ClH/c1-3-11-6(10)5-4(2)9-7(8)12-5;/h3H2,1-2H3,(H2,8,9);1H/p-1. The van der Waals surface area contributed by atoms with E-state index >= 15 is 0 Å². The molecular weight excluding hydrogens is 212 g/mol. The maximum atomic E-state index is 11.2. The van der Waals surface area contributed by atoms with Crippen LogP contribution >= 0.6 is 11.3 Å². The molecule has 2 N–H and O–H groups in total. The number of ether oxygens (including phenoxy) is 1. The van der Waals surface area contributed by atoms with Crippen LogP contribution in [-0.4, -0.2) is 17.6 Å². The van der Waals surface area contributed by atoms with E-state index in [4.69, 9.17) is 10.5 Å². The summed E-state index contributed by atoms with van der Waals surface area (Å²) in [7, 11) is 0. The second-order valence-electron chi connectivity index (χ2n) is 2.19. The molecule has 0 aliphatic heterocycles. The fourth-order valence-electron chi connectivity index (χ4n) is 0.803. The van der Waals surface area contributed by atoms with Crippen LogP contribution in [0.4, 0.5) is 5.13 Å². The first-order valence-corrected chi connectivity index (χ1v) is 4.36. The average molecular weight is 222 g/mol. The number of hydrogen-bond acceptors (Lipinski definition) is 5. The van der Waals surface area contributed by atoms with Crippen molar-refractivity contribution in [2.24, 2.45) is 0 Å². The van der Waals surface area contributed by atoms with Crippen LogP contribution in [0, 0.1) is 6.92 Å². The number of esters is 1. The minimum Gasteiger partial charge on any atom is -1.00 e. The van der Waals surface area contributed by atoms with Gasteiger partial charge in [0, 0.05) is 0 Å². The summed E-state index contributed by atoms with van der Waals surface area (Å²) >= 11 is 1.15. The summed E-state index contributed by atoms with van der Waals surface area (Å²) in [6.45, 7) is 3.87. The Bertz CT molecular complexity index is 301. The predicted octanol–water partition coefficient (Wildman–Crippen LogP) is -1.79. The van der Waals surface area contributed by atoms with Gasteiger partial charge in [0.05, 0.1) is 12.3 Å². The van der Waals surface area contributed by atoms with Crippen molar-refractivity contribution in [3.05, 3.63) is 10.6 Å². The molecule has 6 heteroatoms. The van der Waals surface area contributed by atoms with Crippen LogP contribution in [-0.2, 0) is 4.74 Å². The summed E-state index contributed by atoms with van der Waals surface area (Å²) in [5, 5.41) is 0.399. The van der Waals surface area contributed by atoms with E-state index < -0.39 is 0 Å². The van der Waals surface area contributed by atoms with Crippen molar-refractivity contribution in [2.75, 3.05) is 12.3 Å². The maximum absolute atomic E-state index is 11.2. The Hall–Kier alpha value is -0.810. The summed E-state index contributed by atoms with van der Waals surface area (Å²) < 4.78 is 4.80. The van der Waals surface area contributed by atoms with Gasteiger partial charge in [0.25, 0.3) is 0 Å². The van der Waals surface area contributed by atoms with Crippen LogP contribution in [0.5, 0.6) is 0 Å². The summed E-state index contributed by atoms with van der Waals surface area (Å²) in [6.07, 6.45) is 0. The van der Waals surface area contributed by atoms with Gasteiger partial charge in [0.1, 0.15) is 4.88 Å². The number of carbonyl (C=O) groups excluding carboxylic acids is 1. The summed E-state index contributed by atoms with van der Waals surface area (Å²) in [5.74, 6) is -0.343. The largest absolute Gasteiger partial charge is 1.00 e. The molecule has 0 spiro atoms. The molecule has 0 saturated carbocycles. The van der Waals surface area contributed by atoms with E-state index in [0.717, 1.165) is 11.3 Å². The summed E-state index contributed by atoms with van der Waals surface area (Å²) in [6, 6.07) is 0. The molecular formula is C7H10ClN2O2S-. The highest BCUT2D eigenvalue weighted by Crippen LogP contribution is 2.20. The van der Waals surface area contributed by atoms with E-state index in [1.807, 2.05) is 0 Å². The van der Waals surface area contributed by atoms with E-state index in [1.54, 1.807) is 13.8 Å². The molecule has 1 heterocycles. The van der Waals surface area contributed by atoms with Crippen molar-refractivity contribution in [3.63, 3.8) is 0 Å². The number of nitrogens with zero attached hydrogens (tertiary/aromatic N) is 1. The number of thiazole rings is 1. The Morgan fingerprint density at radius 1 is 1.69 bits per heavy atom. The zero-order valence-electron chi connectivity index (χ0n) is 7.33. The fourth-order valence-corrected chi connectivity index (χ4v) is 1.53. The number of aryl methyl sites for hydroxylation is 1.